The van der Waals surface area contributed by atoms with Gasteiger partial charge in [-0.1, -0.05) is 23.9 Å². The molecule has 1 rings (SSSR count). The maximum Gasteiger partial charge on any atom is 0.224 e. The van der Waals surface area contributed by atoms with Crippen molar-refractivity contribution in [3.05, 3.63) is 12.2 Å². The van der Waals surface area contributed by atoms with Crippen LogP contribution in [0.3, 0.4) is 0 Å². The first kappa shape index (κ1) is 10.3. The Kier molecular flexibility index (Phi) is 4.02. The van der Waals surface area contributed by atoms with Gasteiger partial charge in [-0.15, -0.1) is 0 Å². The van der Waals surface area contributed by atoms with E-state index in [1.54, 1.807) is 6.08 Å². The van der Waals surface area contributed by atoms with Crippen LogP contribution in [-0.4, -0.2) is 22.8 Å². The predicted molar refractivity (Wildman–Crippen MR) is 53.4 cm³/mol. The minimum absolute atomic E-state index is 0.0704. The fourth-order valence-corrected chi connectivity index (χ4v) is 2.04. The van der Waals surface area contributed by atoms with Gasteiger partial charge < -0.3 is 5.32 Å². The van der Waals surface area contributed by atoms with Gasteiger partial charge in [-0.3, -0.25) is 9.59 Å². The summed E-state index contributed by atoms with van der Waals surface area (Å²) < 4.78 is 0. The van der Waals surface area contributed by atoms with Crippen molar-refractivity contribution in [2.24, 2.45) is 0 Å². The lowest BCUT2D eigenvalue weighted by Crippen LogP contribution is -2.36. The van der Waals surface area contributed by atoms with Crippen LogP contribution < -0.4 is 5.32 Å². The SMILES string of the molecule is C/C=C/CC(=O)N[C@H]1CCSC1=O. The average molecular weight is 199 g/mol. The summed E-state index contributed by atoms with van der Waals surface area (Å²) in [6, 6.07) is -0.247. The zero-order valence-corrected chi connectivity index (χ0v) is 8.39. The Morgan fingerprint density at radius 2 is 2.54 bits per heavy atom. The lowest BCUT2D eigenvalue weighted by Gasteiger charge is -2.08. The van der Waals surface area contributed by atoms with Crippen molar-refractivity contribution in [2.45, 2.75) is 25.8 Å². The normalized spacial score (nSPS) is 22.5. The van der Waals surface area contributed by atoms with Crippen molar-refractivity contribution < 1.29 is 9.59 Å². The fraction of sp³-hybridized carbons (Fsp3) is 0.556. The van der Waals surface area contributed by atoms with Gasteiger partial charge in [0.2, 0.25) is 11.0 Å². The molecule has 1 heterocycles. The Balaban J connectivity index is 2.31. The van der Waals surface area contributed by atoms with Crippen LogP contribution in [0.4, 0.5) is 0 Å². The second-order valence-corrected chi connectivity index (χ2v) is 3.95. The first-order valence-corrected chi connectivity index (χ1v) is 5.29. The summed E-state index contributed by atoms with van der Waals surface area (Å²) in [4.78, 5) is 22.3. The molecule has 3 nitrogen and oxygen atoms in total. The summed E-state index contributed by atoms with van der Waals surface area (Å²) in [6.07, 6.45) is 4.74. The lowest BCUT2D eigenvalue weighted by atomic mass is 10.2. The van der Waals surface area contributed by atoms with E-state index in [1.807, 2.05) is 13.0 Å². The Labute approximate surface area is 82.0 Å². The van der Waals surface area contributed by atoms with Crippen molar-refractivity contribution in [2.75, 3.05) is 5.75 Å². The Bertz CT molecular complexity index is 238. The molecule has 1 atom stereocenters. The fourth-order valence-electron chi connectivity index (χ4n) is 1.11. The van der Waals surface area contributed by atoms with E-state index < -0.39 is 0 Å². The molecule has 0 saturated carbocycles. The van der Waals surface area contributed by atoms with E-state index in [0.717, 1.165) is 12.2 Å². The number of allylic oxidation sites excluding steroid dienone is 1. The molecule has 0 spiro atoms. The summed E-state index contributed by atoms with van der Waals surface area (Å²) in [5, 5.41) is 2.79. The smallest absolute Gasteiger partial charge is 0.224 e. The van der Waals surface area contributed by atoms with E-state index in [-0.39, 0.29) is 17.1 Å². The van der Waals surface area contributed by atoms with E-state index in [2.05, 4.69) is 5.32 Å². The summed E-state index contributed by atoms with van der Waals surface area (Å²) >= 11 is 1.30. The van der Waals surface area contributed by atoms with E-state index in [9.17, 15) is 9.59 Å². The molecule has 1 N–H and O–H groups in total. The molecule has 4 heteroatoms. The van der Waals surface area contributed by atoms with Crippen LogP contribution in [0.5, 0.6) is 0 Å². The van der Waals surface area contributed by atoms with Gasteiger partial charge in [0.15, 0.2) is 0 Å². The van der Waals surface area contributed by atoms with E-state index in [4.69, 9.17) is 0 Å². The van der Waals surface area contributed by atoms with Crippen LogP contribution in [0, 0.1) is 0 Å². The number of hydrogen-bond acceptors (Lipinski definition) is 3. The zero-order valence-electron chi connectivity index (χ0n) is 7.58. The van der Waals surface area contributed by atoms with E-state index in [0.29, 0.717) is 6.42 Å². The lowest BCUT2D eigenvalue weighted by molar-refractivity contribution is -0.123. The first-order valence-electron chi connectivity index (χ1n) is 4.31. The standard InChI is InChI=1S/C9H13NO2S/c1-2-3-4-8(11)10-7-5-6-13-9(7)12/h2-3,7H,4-6H2,1H3,(H,10,11)/b3-2+/t7-/m0/s1. The van der Waals surface area contributed by atoms with Crippen LogP contribution in [0.1, 0.15) is 19.8 Å². The summed E-state index contributed by atoms with van der Waals surface area (Å²) in [5.41, 5.74) is 0. The van der Waals surface area contributed by atoms with Crippen LogP contribution in [0.15, 0.2) is 12.2 Å². The Hall–Kier alpha value is -0.770. The molecular weight excluding hydrogens is 186 g/mol. The molecule has 1 saturated heterocycles. The molecule has 0 aromatic heterocycles. The van der Waals surface area contributed by atoms with Gasteiger partial charge in [-0.25, -0.2) is 0 Å². The average Bonchev–Trinajstić information content (AvgIpc) is 2.48. The molecule has 0 aliphatic carbocycles. The molecule has 13 heavy (non-hydrogen) atoms. The first-order chi connectivity index (χ1) is 6.24. The quantitative estimate of drug-likeness (QED) is 0.692. The van der Waals surface area contributed by atoms with E-state index >= 15 is 0 Å². The van der Waals surface area contributed by atoms with Crippen LogP contribution in [0.25, 0.3) is 0 Å². The van der Waals surface area contributed by atoms with Crippen molar-refractivity contribution in [1.82, 2.24) is 5.32 Å². The van der Waals surface area contributed by atoms with Crippen molar-refractivity contribution >= 4 is 22.8 Å². The molecule has 1 amide bonds. The molecule has 1 fully saturated rings. The van der Waals surface area contributed by atoms with Crippen molar-refractivity contribution in [3.8, 4) is 0 Å². The maximum absolute atomic E-state index is 11.2. The van der Waals surface area contributed by atoms with Gasteiger partial charge in [-0.2, -0.15) is 0 Å². The molecule has 0 aromatic rings. The highest BCUT2D eigenvalue weighted by atomic mass is 32.2. The summed E-state index contributed by atoms with van der Waals surface area (Å²) in [7, 11) is 0. The van der Waals surface area contributed by atoms with E-state index in [1.165, 1.54) is 11.8 Å². The highest BCUT2D eigenvalue weighted by Crippen LogP contribution is 2.19. The third kappa shape index (κ3) is 3.22. The minimum atomic E-state index is -0.247. The highest BCUT2D eigenvalue weighted by Gasteiger charge is 2.26. The van der Waals surface area contributed by atoms with Crippen LogP contribution in [0.2, 0.25) is 0 Å². The number of amides is 1. The van der Waals surface area contributed by atoms with Crippen molar-refractivity contribution in [3.63, 3.8) is 0 Å². The number of nitrogens with one attached hydrogen (secondary N) is 1. The molecule has 0 unspecified atom stereocenters. The number of hydrogen-bond donors (Lipinski definition) is 1. The van der Waals surface area contributed by atoms with Gasteiger partial charge in [0.05, 0.1) is 6.04 Å². The molecule has 0 bridgehead atoms. The number of carbonyl (C=O) groups is 2. The highest BCUT2D eigenvalue weighted by molar-refractivity contribution is 8.14. The van der Waals surface area contributed by atoms with Crippen LogP contribution in [-0.2, 0) is 9.59 Å². The number of carbonyl (C=O) groups excluding carboxylic acids is 2. The number of thioether (sulfide) groups is 1. The molecule has 72 valence electrons. The summed E-state index contributed by atoms with van der Waals surface area (Å²) in [5.74, 6) is 0.756. The molecular formula is C9H13NO2S. The largest absolute Gasteiger partial charge is 0.345 e. The van der Waals surface area contributed by atoms with Crippen LogP contribution >= 0.6 is 11.8 Å². The van der Waals surface area contributed by atoms with Gasteiger partial charge in [0.1, 0.15) is 0 Å². The van der Waals surface area contributed by atoms with Gasteiger partial charge in [0, 0.05) is 12.2 Å². The third-order valence-corrected chi connectivity index (χ3v) is 2.82. The third-order valence-electron chi connectivity index (χ3n) is 1.81. The number of rotatable bonds is 3. The molecule has 1 aliphatic heterocycles. The molecule has 0 aromatic carbocycles. The van der Waals surface area contributed by atoms with Crippen molar-refractivity contribution in [1.29, 1.82) is 0 Å². The summed E-state index contributed by atoms with van der Waals surface area (Å²) in [6.45, 7) is 1.86. The second-order valence-electron chi connectivity index (χ2n) is 2.85. The maximum atomic E-state index is 11.2. The monoisotopic (exact) mass is 199 g/mol. The Morgan fingerprint density at radius 1 is 1.77 bits per heavy atom. The zero-order chi connectivity index (χ0) is 9.68. The minimum Gasteiger partial charge on any atom is -0.345 e. The Morgan fingerprint density at radius 3 is 3.08 bits per heavy atom. The molecule has 0 radical (unpaired) electrons. The van der Waals surface area contributed by atoms with Gasteiger partial charge in [0.25, 0.3) is 0 Å². The van der Waals surface area contributed by atoms with Gasteiger partial charge in [-0.05, 0) is 13.3 Å². The molecule has 1 aliphatic rings. The predicted octanol–water partition coefficient (Wildman–Crippen LogP) is 1.10. The van der Waals surface area contributed by atoms with Gasteiger partial charge >= 0.3 is 0 Å². The topological polar surface area (TPSA) is 46.2 Å². The second kappa shape index (κ2) is 5.07.